The van der Waals surface area contributed by atoms with Crippen molar-refractivity contribution in [3.63, 3.8) is 0 Å². The lowest BCUT2D eigenvalue weighted by molar-refractivity contribution is -0.106. The van der Waals surface area contributed by atoms with Crippen LogP contribution in [-0.2, 0) is 10.3 Å². The summed E-state index contributed by atoms with van der Waals surface area (Å²) in [6.07, 6.45) is 1.42. The van der Waals surface area contributed by atoms with Crippen molar-refractivity contribution in [2.45, 2.75) is 51.9 Å². The molecule has 1 aliphatic heterocycles. The maximum absolute atomic E-state index is 10.6. The summed E-state index contributed by atoms with van der Waals surface area (Å²) < 4.78 is 11.4. The third-order valence-corrected chi connectivity index (χ3v) is 5.49. The van der Waals surface area contributed by atoms with E-state index in [4.69, 9.17) is 9.15 Å². The summed E-state index contributed by atoms with van der Waals surface area (Å²) in [5.41, 5.74) is -1.01. The Balaban J connectivity index is 1.60. The van der Waals surface area contributed by atoms with E-state index in [1.165, 1.54) is 0 Å². The maximum atomic E-state index is 10.6. The van der Waals surface area contributed by atoms with Gasteiger partial charge in [-0.1, -0.05) is 13.8 Å². The van der Waals surface area contributed by atoms with Gasteiger partial charge in [-0.05, 0) is 32.4 Å². The van der Waals surface area contributed by atoms with Crippen molar-refractivity contribution in [1.82, 2.24) is 10.6 Å². The molecule has 4 atom stereocenters. The van der Waals surface area contributed by atoms with Gasteiger partial charge < -0.3 is 24.9 Å². The zero-order valence-corrected chi connectivity index (χ0v) is 15.2. The lowest BCUT2D eigenvalue weighted by atomic mass is 9.57. The number of aryl methyl sites for hydroxylation is 1. The molecule has 0 amide bonds. The van der Waals surface area contributed by atoms with E-state index in [0.717, 1.165) is 18.8 Å². The predicted molar refractivity (Wildman–Crippen MR) is 92.9 cm³/mol. The third-order valence-electron chi connectivity index (χ3n) is 5.49. The van der Waals surface area contributed by atoms with Gasteiger partial charge in [0, 0.05) is 31.0 Å². The SMILES string of the molecule is CN=C(NCC(C)(O)c1ccc(C)o1)NC1C2CCOC2C1(C)C. The monoisotopic (exact) mass is 335 g/mol. The second kappa shape index (κ2) is 6.08. The van der Waals surface area contributed by atoms with Crippen LogP contribution in [0.5, 0.6) is 0 Å². The minimum atomic E-state index is -1.10. The van der Waals surface area contributed by atoms with Crippen molar-refractivity contribution in [3.05, 3.63) is 23.7 Å². The molecule has 0 aromatic carbocycles. The lowest BCUT2D eigenvalue weighted by Crippen LogP contribution is -2.68. The second-order valence-electron chi connectivity index (χ2n) is 7.80. The number of nitrogens with one attached hydrogen (secondary N) is 2. The van der Waals surface area contributed by atoms with Crippen molar-refractivity contribution in [3.8, 4) is 0 Å². The molecule has 134 valence electrons. The fourth-order valence-electron chi connectivity index (χ4n) is 4.03. The van der Waals surface area contributed by atoms with Crippen molar-refractivity contribution in [1.29, 1.82) is 0 Å². The largest absolute Gasteiger partial charge is 0.463 e. The smallest absolute Gasteiger partial charge is 0.191 e. The molecule has 0 radical (unpaired) electrons. The van der Waals surface area contributed by atoms with Gasteiger partial charge in [0.2, 0.25) is 0 Å². The van der Waals surface area contributed by atoms with E-state index in [9.17, 15) is 5.11 Å². The first-order valence-electron chi connectivity index (χ1n) is 8.64. The Labute approximate surface area is 143 Å². The van der Waals surface area contributed by atoms with Crippen LogP contribution in [0.15, 0.2) is 21.5 Å². The molecule has 1 saturated carbocycles. The van der Waals surface area contributed by atoms with Crippen LogP contribution in [0.1, 0.15) is 38.7 Å². The molecule has 4 unspecified atom stereocenters. The molecule has 24 heavy (non-hydrogen) atoms. The summed E-state index contributed by atoms with van der Waals surface area (Å²) in [7, 11) is 1.75. The Hall–Kier alpha value is -1.53. The number of ether oxygens (including phenoxy) is 1. The van der Waals surface area contributed by atoms with Crippen molar-refractivity contribution in [2.75, 3.05) is 20.2 Å². The van der Waals surface area contributed by atoms with Crippen LogP contribution in [0, 0.1) is 18.3 Å². The molecule has 6 heteroatoms. The van der Waals surface area contributed by atoms with Crippen LogP contribution < -0.4 is 10.6 Å². The van der Waals surface area contributed by atoms with Crippen LogP contribution in [0.4, 0.5) is 0 Å². The van der Waals surface area contributed by atoms with Gasteiger partial charge in [0.25, 0.3) is 0 Å². The van der Waals surface area contributed by atoms with Gasteiger partial charge in [0.15, 0.2) is 5.96 Å². The number of nitrogens with zero attached hydrogens (tertiary/aromatic N) is 1. The summed E-state index contributed by atoms with van der Waals surface area (Å²) in [4.78, 5) is 4.30. The van der Waals surface area contributed by atoms with Gasteiger partial charge in [0.05, 0.1) is 12.6 Å². The van der Waals surface area contributed by atoms with E-state index in [1.54, 1.807) is 14.0 Å². The standard InChI is InChI=1S/C18H29N3O3/c1-11-6-7-13(24-11)18(4,22)10-20-16(19-5)21-14-12-8-9-23-15(12)17(14,2)3/h6-7,12,14-15,22H,8-10H2,1-5H3,(H2,19,20,21). The van der Waals surface area contributed by atoms with Gasteiger partial charge in [-0.25, -0.2) is 0 Å². The molecule has 0 spiro atoms. The molecule has 3 rings (SSSR count). The second-order valence-corrected chi connectivity index (χ2v) is 7.80. The molecule has 1 aromatic rings. The summed E-state index contributed by atoms with van der Waals surface area (Å²) in [6.45, 7) is 9.22. The highest BCUT2D eigenvalue weighted by Crippen LogP contribution is 2.52. The third kappa shape index (κ3) is 2.93. The number of hydrogen-bond acceptors (Lipinski definition) is 4. The van der Waals surface area contributed by atoms with E-state index in [0.29, 0.717) is 36.3 Å². The van der Waals surface area contributed by atoms with Gasteiger partial charge in [-0.2, -0.15) is 0 Å². The number of fused-ring (bicyclic) bond motifs is 1. The highest BCUT2D eigenvalue weighted by atomic mass is 16.5. The molecular weight excluding hydrogens is 306 g/mol. The first-order valence-corrected chi connectivity index (χ1v) is 8.64. The van der Waals surface area contributed by atoms with E-state index >= 15 is 0 Å². The highest BCUT2D eigenvalue weighted by Gasteiger charge is 2.59. The molecule has 2 aliphatic rings. The molecule has 6 nitrogen and oxygen atoms in total. The first kappa shape index (κ1) is 17.3. The van der Waals surface area contributed by atoms with E-state index in [1.807, 2.05) is 19.1 Å². The van der Waals surface area contributed by atoms with Gasteiger partial charge in [0.1, 0.15) is 17.1 Å². The Morgan fingerprint density at radius 1 is 1.46 bits per heavy atom. The molecular formula is C18H29N3O3. The zero-order valence-electron chi connectivity index (χ0n) is 15.2. The molecule has 0 bridgehead atoms. The fourth-order valence-corrected chi connectivity index (χ4v) is 4.03. The number of furan rings is 1. The Morgan fingerprint density at radius 2 is 2.21 bits per heavy atom. The predicted octanol–water partition coefficient (Wildman–Crippen LogP) is 1.77. The van der Waals surface area contributed by atoms with Crippen LogP contribution >= 0.6 is 0 Å². The molecule has 2 heterocycles. The minimum Gasteiger partial charge on any atom is -0.463 e. The van der Waals surface area contributed by atoms with E-state index in [-0.39, 0.29) is 5.41 Å². The molecule has 1 aromatic heterocycles. The number of guanidine groups is 1. The number of rotatable bonds is 4. The van der Waals surface area contributed by atoms with E-state index < -0.39 is 5.60 Å². The van der Waals surface area contributed by atoms with Gasteiger partial charge >= 0.3 is 0 Å². The van der Waals surface area contributed by atoms with Gasteiger partial charge in [-0.15, -0.1) is 0 Å². The van der Waals surface area contributed by atoms with Crippen molar-refractivity contribution < 1.29 is 14.3 Å². The zero-order chi connectivity index (χ0) is 17.5. The van der Waals surface area contributed by atoms with Crippen LogP contribution in [-0.4, -0.2) is 43.4 Å². The van der Waals surface area contributed by atoms with E-state index in [2.05, 4.69) is 29.5 Å². The summed E-state index contributed by atoms with van der Waals surface area (Å²) in [5.74, 6) is 2.57. The molecule has 1 aliphatic carbocycles. The molecule has 3 N–H and O–H groups in total. The normalized spacial score (nSPS) is 31.1. The molecule has 1 saturated heterocycles. The number of hydrogen-bond donors (Lipinski definition) is 3. The molecule has 2 fully saturated rings. The lowest BCUT2D eigenvalue weighted by Gasteiger charge is -2.55. The van der Waals surface area contributed by atoms with Gasteiger partial charge in [-0.3, -0.25) is 4.99 Å². The minimum absolute atomic E-state index is 0.0828. The Kier molecular flexibility index (Phi) is 4.38. The van der Waals surface area contributed by atoms with Crippen LogP contribution in [0.25, 0.3) is 0 Å². The number of aliphatic hydroxyl groups is 1. The topological polar surface area (TPSA) is 79.0 Å². The average molecular weight is 335 g/mol. The van der Waals surface area contributed by atoms with Crippen LogP contribution in [0.2, 0.25) is 0 Å². The fraction of sp³-hybridized carbons (Fsp3) is 0.722. The number of aliphatic imine (C=N–C) groups is 1. The highest BCUT2D eigenvalue weighted by molar-refractivity contribution is 5.80. The van der Waals surface area contributed by atoms with Crippen molar-refractivity contribution in [2.24, 2.45) is 16.3 Å². The van der Waals surface area contributed by atoms with Crippen LogP contribution in [0.3, 0.4) is 0 Å². The summed E-state index contributed by atoms with van der Waals surface area (Å²) in [5, 5.41) is 17.4. The quantitative estimate of drug-likeness (QED) is 0.577. The summed E-state index contributed by atoms with van der Waals surface area (Å²) in [6, 6.07) is 3.99. The van der Waals surface area contributed by atoms with Crippen molar-refractivity contribution >= 4 is 5.96 Å². The Bertz CT molecular complexity index is 621. The Morgan fingerprint density at radius 3 is 2.83 bits per heavy atom. The maximum Gasteiger partial charge on any atom is 0.191 e. The summed E-state index contributed by atoms with van der Waals surface area (Å²) >= 11 is 0. The average Bonchev–Trinajstić information content (AvgIpc) is 3.15. The first-order chi connectivity index (χ1) is 11.3.